The minimum Gasteiger partial charge on any atom is -0.350 e. The maximum atomic E-state index is 12.1. The highest BCUT2D eigenvalue weighted by atomic mass is 35.5. The van der Waals surface area contributed by atoms with Gasteiger partial charge in [0.2, 0.25) is 5.91 Å². The number of hydrogen-bond donors (Lipinski definition) is 2. The molecule has 1 amide bonds. The molecule has 1 saturated heterocycles. The van der Waals surface area contributed by atoms with Gasteiger partial charge in [-0.25, -0.2) is 0 Å². The Morgan fingerprint density at radius 3 is 2.45 bits per heavy atom. The van der Waals surface area contributed by atoms with Crippen molar-refractivity contribution in [1.82, 2.24) is 10.6 Å². The number of thioether (sulfide) groups is 1. The molecule has 2 rings (SSSR count). The fourth-order valence-corrected chi connectivity index (χ4v) is 3.48. The van der Waals surface area contributed by atoms with Gasteiger partial charge in [0.05, 0.1) is 6.04 Å². The number of carbonyl (C=O) groups excluding carboxylic acids is 1. The van der Waals surface area contributed by atoms with Gasteiger partial charge in [-0.05, 0) is 24.0 Å². The van der Waals surface area contributed by atoms with E-state index in [1.54, 1.807) is 0 Å². The van der Waals surface area contributed by atoms with E-state index < -0.39 is 0 Å². The molecule has 1 aliphatic rings. The lowest BCUT2D eigenvalue weighted by molar-refractivity contribution is -0.122. The van der Waals surface area contributed by atoms with Gasteiger partial charge in [0, 0.05) is 30.5 Å². The molecule has 2 atom stereocenters. The molecule has 0 bridgehead atoms. The van der Waals surface area contributed by atoms with Gasteiger partial charge in [-0.15, -0.1) is 12.4 Å². The monoisotopic (exact) mass is 342 g/mol. The second-order valence-electron chi connectivity index (χ2n) is 6.04. The van der Waals surface area contributed by atoms with E-state index in [0.717, 1.165) is 18.1 Å². The molecule has 5 heteroatoms. The van der Waals surface area contributed by atoms with Crippen molar-refractivity contribution < 1.29 is 4.79 Å². The lowest BCUT2D eigenvalue weighted by atomic mass is 9.99. The average molecular weight is 343 g/mol. The van der Waals surface area contributed by atoms with Crippen LogP contribution in [0.3, 0.4) is 0 Å². The summed E-state index contributed by atoms with van der Waals surface area (Å²) >= 11 is 1.92. The SMILES string of the molecule is CC(C)c1ccc(C(C)NC(=O)CC2CSCCN2)cc1.Cl. The third-order valence-corrected chi connectivity index (χ3v) is 5.04. The van der Waals surface area contributed by atoms with Crippen molar-refractivity contribution in [3.63, 3.8) is 0 Å². The molecule has 1 fully saturated rings. The summed E-state index contributed by atoms with van der Waals surface area (Å²) in [4.78, 5) is 12.1. The van der Waals surface area contributed by atoms with Gasteiger partial charge in [0.25, 0.3) is 0 Å². The first-order valence-corrected chi connectivity index (χ1v) is 8.92. The van der Waals surface area contributed by atoms with Gasteiger partial charge in [0.15, 0.2) is 0 Å². The molecule has 2 unspecified atom stereocenters. The third-order valence-electron chi connectivity index (χ3n) is 3.91. The van der Waals surface area contributed by atoms with Crippen LogP contribution in [0.1, 0.15) is 50.3 Å². The molecule has 1 aromatic rings. The summed E-state index contributed by atoms with van der Waals surface area (Å²) < 4.78 is 0. The molecule has 2 N–H and O–H groups in total. The zero-order valence-corrected chi connectivity index (χ0v) is 15.2. The Kier molecular flexibility index (Phi) is 8.29. The van der Waals surface area contributed by atoms with Crippen molar-refractivity contribution in [2.45, 2.75) is 45.2 Å². The van der Waals surface area contributed by atoms with Gasteiger partial charge in [0.1, 0.15) is 0 Å². The summed E-state index contributed by atoms with van der Waals surface area (Å²) in [5.74, 6) is 2.86. The van der Waals surface area contributed by atoms with Crippen molar-refractivity contribution in [2.75, 3.05) is 18.1 Å². The Balaban J connectivity index is 0.00000242. The minimum absolute atomic E-state index is 0. The summed E-state index contributed by atoms with van der Waals surface area (Å²) in [5.41, 5.74) is 2.50. The molecule has 3 nitrogen and oxygen atoms in total. The van der Waals surface area contributed by atoms with Gasteiger partial charge < -0.3 is 10.6 Å². The molecular formula is C17H27ClN2OS. The summed E-state index contributed by atoms with van der Waals surface area (Å²) in [6.07, 6.45) is 0.571. The quantitative estimate of drug-likeness (QED) is 0.860. The van der Waals surface area contributed by atoms with E-state index in [-0.39, 0.29) is 24.4 Å². The standard InChI is InChI=1S/C17H26N2OS.ClH/c1-12(2)14-4-6-15(7-5-14)13(3)19-17(20)10-16-11-21-9-8-18-16;/h4-7,12-13,16,18H,8-11H2,1-3H3,(H,19,20);1H. The van der Waals surface area contributed by atoms with Crippen molar-refractivity contribution in [3.05, 3.63) is 35.4 Å². The van der Waals surface area contributed by atoms with Crippen molar-refractivity contribution in [1.29, 1.82) is 0 Å². The summed E-state index contributed by atoms with van der Waals surface area (Å²) in [7, 11) is 0. The molecule has 0 aromatic heterocycles. The zero-order valence-electron chi connectivity index (χ0n) is 13.6. The van der Waals surface area contributed by atoms with Crippen molar-refractivity contribution >= 4 is 30.1 Å². The Morgan fingerprint density at radius 1 is 1.27 bits per heavy atom. The number of benzene rings is 1. The van der Waals surface area contributed by atoms with Crippen molar-refractivity contribution in [3.8, 4) is 0 Å². The molecule has 22 heavy (non-hydrogen) atoms. The largest absolute Gasteiger partial charge is 0.350 e. The zero-order chi connectivity index (χ0) is 15.2. The van der Waals surface area contributed by atoms with Crippen LogP contribution >= 0.6 is 24.2 Å². The van der Waals surface area contributed by atoms with E-state index in [2.05, 4.69) is 48.7 Å². The molecule has 0 radical (unpaired) electrons. The first-order valence-electron chi connectivity index (χ1n) is 7.76. The van der Waals surface area contributed by atoms with Crippen LogP contribution in [0.2, 0.25) is 0 Å². The van der Waals surface area contributed by atoms with Crippen LogP contribution < -0.4 is 10.6 Å². The van der Waals surface area contributed by atoms with E-state index in [9.17, 15) is 4.79 Å². The second kappa shape index (κ2) is 9.43. The summed E-state index contributed by atoms with van der Waals surface area (Å²) in [5, 5.41) is 6.51. The molecule has 124 valence electrons. The molecule has 1 aromatic carbocycles. The van der Waals surface area contributed by atoms with Crippen LogP contribution in [0.15, 0.2) is 24.3 Å². The number of amides is 1. The summed E-state index contributed by atoms with van der Waals surface area (Å²) in [6, 6.07) is 8.93. The van der Waals surface area contributed by atoms with Gasteiger partial charge in [-0.2, -0.15) is 11.8 Å². The normalized spacial score (nSPS) is 19.4. The van der Waals surface area contributed by atoms with Crippen LogP contribution in [0.4, 0.5) is 0 Å². The number of carbonyl (C=O) groups is 1. The Labute approximate surface area is 144 Å². The fourth-order valence-electron chi connectivity index (χ4n) is 2.53. The van der Waals surface area contributed by atoms with E-state index >= 15 is 0 Å². The van der Waals surface area contributed by atoms with Gasteiger partial charge in [-0.3, -0.25) is 4.79 Å². The first kappa shape index (κ1) is 19.3. The Morgan fingerprint density at radius 2 is 1.91 bits per heavy atom. The Bertz CT molecular complexity index is 458. The highest BCUT2D eigenvalue weighted by molar-refractivity contribution is 7.99. The molecule has 1 aliphatic heterocycles. The van der Waals surface area contributed by atoms with Crippen LogP contribution in [0.25, 0.3) is 0 Å². The van der Waals surface area contributed by atoms with Gasteiger partial charge in [-0.1, -0.05) is 38.1 Å². The van der Waals surface area contributed by atoms with E-state index in [1.807, 2.05) is 18.7 Å². The number of rotatable bonds is 5. The van der Waals surface area contributed by atoms with Crippen LogP contribution in [0.5, 0.6) is 0 Å². The summed E-state index contributed by atoms with van der Waals surface area (Å²) in [6.45, 7) is 7.44. The van der Waals surface area contributed by atoms with Crippen LogP contribution in [-0.4, -0.2) is 30.0 Å². The fraction of sp³-hybridized carbons (Fsp3) is 0.588. The van der Waals surface area contributed by atoms with E-state index in [0.29, 0.717) is 18.4 Å². The topological polar surface area (TPSA) is 41.1 Å². The van der Waals surface area contributed by atoms with Gasteiger partial charge >= 0.3 is 0 Å². The number of halogens is 1. The lowest BCUT2D eigenvalue weighted by Crippen LogP contribution is -2.41. The molecule has 0 spiro atoms. The lowest BCUT2D eigenvalue weighted by Gasteiger charge is -2.23. The smallest absolute Gasteiger partial charge is 0.222 e. The van der Waals surface area contributed by atoms with Crippen LogP contribution in [0, 0.1) is 0 Å². The predicted molar refractivity (Wildman–Crippen MR) is 98.1 cm³/mol. The Hall–Kier alpha value is -0.710. The second-order valence-corrected chi connectivity index (χ2v) is 7.19. The number of nitrogens with one attached hydrogen (secondary N) is 2. The third kappa shape index (κ3) is 5.82. The minimum atomic E-state index is 0. The molecular weight excluding hydrogens is 316 g/mol. The molecule has 0 saturated carbocycles. The highest BCUT2D eigenvalue weighted by Crippen LogP contribution is 2.19. The van der Waals surface area contributed by atoms with E-state index in [4.69, 9.17) is 0 Å². The van der Waals surface area contributed by atoms with E-state index in [1.165, 1.54) is 11.1 Å². The average Bonchev–Trinajstić information content (AvgIpc) is 2.48. The van der Waals surface area contributed by atoms with Crippen molar-refractivity contribution in [2.24, 2.45) is 0 Å². The van der Waals surface area contributed by atoms with Crippen LogP contribution in [-0.2, 0) is 4.79 Å². The maximum Gasteiger partial charge on any atom is 0.222 e. The maximum absolute atomic E-state index is 12.1. The predicted octanol–water partition coefficient (Wildman–Crippen LogP) is 3.50. The first-order chi connectivity index (χ1) is 10.1. The number of hydrogen-bond acceptors (Lipinski definition) is 3. The highest BCUT2D eigenvalue weighted by Gasteiger charge is 2.18. The molecule has 1 heterocycles. The molecule has 0 aliphatic carbocycles.